The van der Waals surface area contributed by atoms with Gasteiger partial charge in [-0.2, -0.15) is 8.78 Å². The molecule has 1 saturated carbocycles. The Labute approximate surface area is 161 Å². The molecule has 0 atom stereocenters. The van der Waals surface area contributed by atoms with Crippen LogP contribution in [-0.2, 0) is 6.11 Å². The summed E-state index contributed by atoms with van der Waals surface area (Å²) >= 11 is 0. The summed E-state index contributed by atoms with van der Waals surface area (Å²) in [6, 6.07) is 6.84. The molecule has 0 aromatic heterocycles. The van der Waals surface area contributed by atoms with E-state index in [0.29, 0.717) is 5.92 Å². The summed E-state index contributed by atoms with van der Waals surface area (Å²) in [5, 5.41) is 0. The van der Waals surface area contributed by atoms with E-state index < -0.39 is 29.1 Å². The lowest BCUT2D eigenvalue weighted by atomic mass is 9.77. The quantitative estimate of drug-likeness (QED) is 0.366. The number of ether oxygens (including phenoxy) is 1. The molecular formula is C22H23F5O. The van der Waals surface area contributed by atoms with Crippen molar-refractivity contribution in [3.8, 4) is 5.75 Å². The fraction of sp³-hybridized carbons (Fsp3) is 0.455. The lowest BCUT2D eigenvalue weighted by molar-refractivity contribution is -0.185. The van der Waals surface area contributed by atoms with Crippen molar-refractivity contribution in [2.24, 2.45) is 5.92 Å². The number of halogens is 5. The van der Waals surface area contributed by atoms with Crippen LogP contribution < -0.4 is 4.74 Å². The first kappa shape index (κ1) is 20.6. The molecule has 1 aliphatic carbocycles. The van der Waals surface area contributed by atoms with Gasteiger partial charge in [-0.1, -0.05) is 31.9 Å². The van der Waals surface area contributed by atoms with Gasteiger partial charge < -0.3 is 4.74 Å². The molecule has 0 radical (unpaired) electrons. The van der Waals surface area contributed by atoms with Gasteiger partial charge in [0.1, 0.15) is 5.75 Å². The summed E-state index contributed by atoms with van der Waals surface area (Å²) in [6.45, 7) is 2.19. The third kappa shape index (κ3) is 4.65. The molecule has 1 nitrogen and oxygen atoms in total. The minimum absolute atomic E-state index is 0.126. The Bertz CT molecular complexity index is 772. The van der Waals surface area contributed by atoms with E-state index in [1.54, 1.807) is 12.1 Å². The van der Waals surface area contributed by atoms with Crippen molar-refractivity contribution in [2.45, 2.75) is 57.5 Å². The Morgan fingerprint density at radius 1 is 0.929 bits per heavy atom. The van der Waals surface area contributed by atoms with Gasteiger partial charge in [0, 0.05) is 0 Å². The summed E-state index contributed by atoms with van der Waals surface area (Å²) in [7, 11) is 0. The largest absolute Gasteiger partial charge is 0.429 e. The Morgan fingerprint density at radius 3 is 2.04 bits per heavy atom. The molecule has 0 N–H and O–H groups in total. The van der Waals surface area contributed by atoms with Gasteiger partial charge in [0.25, 0.3) is 0 Å². The summed E-state index contributed by atoms with van der Waals surface area (Å²) in [6.07, 6.45) is 2.96. The second-order valence-electron chi connectivity index (χ2n) is 7.45. The Hall–Kier alpha value is -2.11. The van der Waals surface area contributed by atoms with E-state index in [4.69, 9.17) is 0 Å². The first-order chi connectivity index (χ1) is 13.3. The van der Waals surface area contributed by atoms with Gasteiger partial charge in [0.15, 0.2) is 17.5 Å². The van der Waals surface area contributed by atoms with Gasteiger partial charge in [-0.15, -0.1) is 0 Å². The molecule has 0 bridgehead atoms. The third-order valence-electron chi connectivity index (χ3n) is 5.46. The van der Waals surface area contributed by atoms with E-state index in [-0.39, 0.29) is 17.9 Å². The van der Waals surface area contributed by atoms with Crippen molar-refractivity contribution in [2.75, 3.05) is 0 Å². The normalized spacial score (nSPS) is 20.2. The Balaban J connectivity index is 1.67. The number of hydrogen-bond acceptors (Lipinski definition) is 1. The van der Waals surface area contributed by atoms with Crippen LogP contribution in [0.2, 0.25) is 0 Å². The smallest absolute Gasteiger partial charge is 0.426 e. The highest BCUT2D eigenvalue weighted by molar-refractivity contribution is 5.31. The van der Waals surface area contributed by atoms with E-state index in [2.05, 4.69) is 11.7 Å². The van der Waals surface area contributed by atoms with Crippen LogP contribution in [-0.4, -0.2) is 0 Å². The molecule has 28 heavy (non-hydrogen) atoms. The molecular weight excluding hydrogens is 375 g/mol. The summed E-state index contributed by atoms with van der Waals surface area (Å²) < 4.78 is 72.6. The van der Waals surface area contributed by atoms with Gasteiger partial charge in [-0.3, -0.25) is 0 Å². The highest BCUT2D eigenvalue weighted by Crippen LogP contribution is 2.39. The molecule has 1 aliphatic rings. The van der Waals surface area contributed by atoms with Crippen molar-refractivity contribution in [1.82, 2.24) is 0 Å². The molecule has 3 rings (SSSR count). The lowest BCUT2D eigenvalue weighted by Gasteiger charge is -2.28. The minimum atomic E-state index is -3.99. The second kappa shape index (κ2) is 8.50. The molecule has 0 spiro atoms. The van der Waals surface area contributed by atoms with Gasteiger partial charge in [0.05, 0.1) is 5.56 Å². The highest BCUT2D eigenvalue weighted by Gasteiger charge is 2.36. The Morgan fingerprint density at radius 2 is 1.50 bits per heavy atom. The maximum atomic E-state index is 14.2. The first-order valence-corrected chi connectivity index (χ1v) is 9.62. The maximum Gasteiger partial charge on any atom is 0.426 e. The zero-order valence-corrected chi connectivity index (χ0v) is 15.7. The van der Waals surface area contributed by atoms with Crippen LogP contribution in [0.25, 0.3) is 0 Å². The zero-order valence-electron chi connectivity index (χ0n) is 15.7. The summed E-state index contributed by atoms with van der Waals surface area (Å²) in [5.41, 5.74) is -0.00768. The minimum Gasteiger partial charge on any atom is -0.429 e. The predicted molar refractivity (Wildman–Crippen MR) is 96.9 cm³/mol. The highest BCUT2D eigenvalue weighted by atomic mass is 19.3. The van der Waals surface area contributed by atoms with Crippen LogP contribution in [0.1, 0.15) is 62.5 Å². The summed E-state index contributed by atoms with van der Waals surface area (Å²) in [5.74, 6) is -4.11. The van der Waals surface area contributed by atoms with Crippen molar-refractivity contribution in [3.05, 3.63) is 65.0 Å². The Kier molecular flexibility index (Phi) is 6.26. The van der Waals surface area contributed by atoms with Crippen LogP contribution >= 0.6 is 0 Å². The van der Waals surface area contributed by atoms with Crippen LogP contribution in [0.4, 0.5) is 22.0 Å². The van der Waals surface area contributed by atoms with Crippen molar-refractivity contribution < 1.29 is 26.7 Å². The zero-order chi connectivity index (χ0) is 20.3. The molecule has 2 aromatic rings. The molecule has 0 unspecified atom stereocenters. The topological polar surface area (TPSA) is 9.23 Å². The predicted octanol–water partition coefficient (Wildman–Crippen LogP) is 7.31. The van der Waals surface area contributed by atoms with Gasteiger partial charge >= 0.3 is 6.11 Å². The van der Waals surface area contributed by atoms with E-state index in [0.717, 1.165) is 24.3 Å². The van der Waals surface area contributed by atoms with E-state index >= 15 is 0 Å². The first-order valence-electron chi connectivity index (χ1n) is 9.62. The van der Waals surface area contributed by atoms with Crippen LogP contribution in [0.15, 0.2) is 36.4 Å². The standard InChI is InChI=1S/C22H23F5O/c1-2-3-14-4-6-15(7-5-14)16-8-10-18(11-9-16)28-22(26,27)17-12-19(23)21(25)20(24)13-17/h8-15H,2-7H2,1H3/t14-,15-. The second-order valence-corrected chi connectivity index (χ2v) is 7.45. The van der Waals surface area contributed by atoms with Crippen LogP contribution in [0, 0.1) is 23.4 Å². The number of benzene rings is 2. The van der Waals surface area contributed by atoms with Crippen molar-refractivity contribution in [3.63, 3.8) is 0 Å². The van der Waals surface area contributed by atoms with Crippen molar-refractivity contribution >= 4 is 0 Å². The molecule has 0 amide bonds. The van der Waals surface area contributed by atoms with Gasteiger partial charge in [-0.25, -0.2) is 13.2 Å². The van der Waals surface area contributed by atoms with E-state index in [1.165, 1.54) is 37.8 Å². The maximum absolute atomic E-state index is 14.2. The lowest BCUT2D eigenvalue weighted by Crippen LogP contribution is -2.22. The van der Waals surface area contributed by atoms with E-state index in [9.17, 15) is 22.0 Å². The molecule has 0 saturated heterocycles. The fourth-order valence-corrected chi connectivity index (χ4v) is 3.93. The SMILES string of the molecule is CCC[C@H]1CC[C@H](c2ccc(OC(F)(F)c3cc(F)c(F)c(F)c3)cc2)CC1. The van der Waals surface area contributed by atoms with E-state index in [1.807, 2.05) is 0 Å². The van der Waals surface area contributed by atoms with Gasteiger partial charge in [0.2, 0.25) is 0 Å². The van der Waals surface area contributed by atoms with Crippen molar-refractivity contribution in [1.29, 1.82) is 0 Å². The third-order valence-corrected chi connectivity index (χ3v) is 5.46. The molecule has 6 heteroatoms. The molecule has 0 aliphatic heterocycles. The molecule has 0 heterocycles. The fourth-order valence-electron chi connectivity index (χ4n) is 3.93. The van der Waals surface area contributed by atoms with Crippen LogP contribution in [0.5, 0.6) is 5.75 Å². The van der Waals surface area contributed by atoms with Gasteiger partial charge in [-0.05, 0) is 67.3 Å². The number of alkyl halides is 2. The number of hydrogen-bond donors (Lipinski definition) is 0. The average molecular weight is 398 g/mol. The molecule has 1 fully saturated rings. The molecule has 152 valence electrons. The molecule has 2 aromatic carbocycles. The monoisotopic (exact) mass is 398 g/mol. The van der Waals surface area contributed by atoms with Crippen LogP contribution in [0.3, 0.4) is 0 Å². The summed E-state index contributed by atoms with van der Waals surface area (Å²) in [4.78, 5) is 0. The number of rotatable bonds is 6. The average Bonchev–Trinajstić information content (AvgIpc) is 2.67.